The predicted molar refractivity (Wildman–Crippen MR) is 137 cm³/mol. The summed E-state index contributed by atoms with van der Waals surface area (Å²) in [5.74, 6) is 6.70. The molecule has 35 heavy (non-hydrogen) atoms. The van der Waals surface area contributed by atoms with Crippen LogP contribution in [0.2, 0.25) is 0 Å². The van der Waals surface area contributed by atoms with Crippen molar-refractivity contribution in [1.29, 1.82) is 0 Å². The molecule has 0 saturated heterocycles. The first-order valence-electron chi connectivity index (χ1n) is 11.0. The van der Waals surface area contributed by atoms with Crippen LogP contribution in [0.1, 0.15) is 38.2 Å². The van der Waals surface area contributed by atoms with E-state index in [2.05, 4.69) is 32.2 Å². The lowest BCUT2D eigenvalue weighted by molar-refractivity contribution is 0.0951. The molecule has 1 aromatic carbocycles. The van der Waals surface area contributed by atoms with Gasteiger partial charge in [-0.1, -0.05) is 17.9 Å². The third kappa shape index (κ3) is 4.78. The number of fused-ring (bicyclic) bond motifs is 1. The van der Waals surface area contributed by atoms with E-state index in [1.807, 2.05) is 72.2 Å². The van der Waals surface area contributed by atoms with E-state index >= 15 is 0 Å². The van der Waals surface area contributed by atoms with Gasteiger partial charge >= 0.3 is 0 Å². The summed E-state index contributed by atoms with van der Waals surface area (Å²) in [5, 5.41) is 11.9. The molecule has 174 valence electrons. The fourth-order valence-corrected chi connectivity index (χ4v) is 4.49. The molecule has 9 heteroatoms. The van der Waals surface area contributed by atoms with E-state index in [4.69, 9.17) is 5.73 Å². The zero-order valence-electron chi connectivity index (χ0n) is 19.3. The summed E-state index contributed by atoms with van der Waals surface area (Å²) in [6.07, 6.45) is 7.17. The molecule has 0 fully saturated rings. The molecule has 8 nitrogen and oxygen atoms in total. The van der Waals surface area contributed by atoms with Crippen LogP contribution >= 0.6 is 11.3 Å². The zero-order valence-corrected chi connectivity index (χ0v) is 20.1. The van der Waals surface area contributed by atoms with E-state index in [-0.39, 0.29) is 5.91 Å². The van der Waals surface area contributed by atoms with Crippen molar-refractivity contribution in [2.24, 2.45) is 7.05 Å². The molecule has 0 spiro atoms. The molecule has 5 rings (SSSR count). The van der Waals surface area contributed by atoms with Gasteiger partial charge in [-0.25, -0.2) is 9.97 Å². The third-order valence-electron chi connectivity index (χ3n) is 5.66. The molecule has 4 heterocycles. The van der Waals surface area contributed by atoms with Crippen LogP contribution in [0.25, 0.3) is 11.0 Å². The lowest BCUT2D eigenvalue weighted by atomic mass is 10.0. The number of hydrogen-bond donors (Lipinski definition) is 2. The quantitative estimate of drug-likeness (QED) is 0.374. The zero-order chi connectivity index (χ0) is 24.4. The van der Waals surface area contributed by atoms with E-state index in [1.165, 1.54) is 6.33 Å². The van der Waals surface area contributed by atoms with Gasteiger partial charge in [-0.2, -0.15) is 16.4 Å². The van der Waals surface area contributed by atoms with Crippen LogP contribution in [-0.2, 0) is 20.1 Å². The average molecular weight is 482 g/mol. The second-order valence-electron chi connectivity index (χ2n) is 8.24. The molecule has 0 aliphatic rings. The number of amides is 1. The molecular weight excluding hydrogens is 458 g/mol. The minimum absolute atomic E-state index is 0.134. The highest BCUT2D eigenvalue weighted by molar-refractivity contribution is 7.07. The van der Waals surface area contributed by atoms with Gasteiger partial charge in [0.15, 0.2) is 0 Å². The highest BCUT2D eigenvalue weighted by Gasteiger charge is 2.13. The lowest BCUT2D eigenvalue weighted by Crippen LogP contribution is -2.22. The van der Waals surface area contributed by atoms with Crippen LogP contribution < -0.4 is 11.1 Å². The van der Waals surface area contributed by atoms with Gasteiger partial charge in [0, 0.05) is 42.7 Å². The first kappa shape index (κ1) is 22.4. The molecule has 1 amide bonds. The Morgan fingerprint density at radius 2 is 2.00 bits per heavy atom. The number of nitrogens with one attached hydrogen (secondary N) is 1. The van der Waals surface area contributed by atoms with Gasteiger partial charge in [0.2, 0.25) is 0 Å². The van der Waals surface area contributed by atoms with Crippen molar-refractivity contribution >= 4 is 34.1 Å². The van der Waals surface area contributed by atoms with E-state index in [9.17, 15) is 4.79 Å². The minimum Gasteiger partial charge on any atom is -0.383 e. The highest BCUT2D eigenvalue weighted by Crippen LogP contribution is 2.24. The topological polar surface area (TPSA) is 104 Å². The Bertz CT molecular complexity index is 1590. The smallest absolute Gasteiger partial charge is 0.251 e. The first-order chi connectivity index (χ1) is 17.0. The Hall–Kier alpha value is -4.42. The second kappa shape index (κ2) is 9.44. The Balaban J connectivity index is 1.45. The highest BCUT2D eigenvalue weighted by atomic mass is 32.1. The Labute approximate surface area is 206 Å². The van der Waals surface area contributed by atoms with Gasteiger partial charge in [-0.15, -0.1) is 0 Å². The molecule has 0 radical (unpaired) electrons. The monoisotopic (exact) mass is 481 g/mol. The van der Waals surface area contributed by atoms with Crippen LogP contribution in [-0.4, -0.2) is 30.2 Å². The van der Waals surface area contributed by atoms with Gasteiger partial charge < -0.3 is 15.6 Å². The molecule has 0 bridgehead atoms. The summed E-state index contributed by atoms with van der Waals surface area (Å²) >= 11 is 1.61. The standard InChI is InChI=1S/C26H23N7OS/c1-17-3-4-21(26(34)28-10-18-7-8-35-15-18)9-20(17)5-6-22-14-33(13-19-11-31-32(2)12-19)25-23(22)24(27)29-16-30-25/h3-4,7-9,11-12,14-16H,10,13H2,1-2H3,(H,28,34)(H2,27,29,30). The summed E-state index contributed by atoms with van der Waals surface area (Å²) < 4.78 is 3.76. The Kier molecular flexibility index (Phi) is 6.04. The predicted octanol–water partition coefficient (Wildman–Crippen LogP) is 3.50. The van der Waals surface area contributed by atoms with Crippen molar-refractivity contribution < 1.29 is 4.79 Å². The van der Waals surface area contributed by atoms with Gasteiger partial charge in [0.05, 0.1) is 23.7 Å². The van der Waals surface area contributed by atoms with Gasteiger partial charge in [0.25, 0.3) is 5.91 Å². The van der Waals surface area contributed by atoms with Gasteiger partial charge in [0.1, 0.15) is 17.8 Å². The molecule has 0 aliphatic carbocycles. The van der Waals surface area contributed by atoms with Crippen molar-refractivity contribution in [3.8, 4) is 11.8 Å². The summed E-state index contributed by atoms with van der Waals surface area (Å²) in [5.41, 5.74) is 12.1. The summed E-state index contributed by atoms with van der Waals surface area (Å²) in [6, 6.07) is 7.54. The number of aromatic nitrogens is 5. The van der Waals surface area contributed by atoms with Crippen LogP contribution in [0.3, 0.4) is 0 Å². The maximum Gasteiger partial charge on any atom is 0.251 e. The molecule has 0 atom stereocenters. The van der Waals surface area contributed by atoms with Crippen molar-refractivity contribution in [1.82, 2.24) is 29.6 Å². The number of thiophene rings is 1. The van der Waals surface area contributed by atoms with Crippen LogP contribution in [0.15, 0.2) is 59.9 Å². The molecule has 5 aromatic rings. The molecule has 4 aromatic heterocycles. The Morgan fingerprint density at radius 1 is 1.14 bits per heavy atom. The van der Waals surface area contributed by atoms with E-state index in [0.717, 1.165) is 27.8 Å². The molecule has 0 aliphatic heterocycles. The number of nitrogen functional groups attached to an aromatic ring is 1. The average Bonchev–Trinajstić information content (AvgIpc) is 3.59. The minimum atomic E-state index is -0.134. The van der Waals surface area contributed by atoms with Crippen LogP contribution in [0, 0.1) is 18.8 Å². The number of hydrogen-bond acceptors (Lipinski definition) is 6. The largest absolute Gasteiger partial charge is 0.383 e. The van der Waals surface area contributed by atoms with E-state index < -0.39 is 0 Å². The maximum atomic E-state index is 12.7. The SMILES string of the molecule is Cc1ccc(C(=O)NCc2ccsc2)cc1C#Cc1cn(Cc2cnn(C)c2)c2ncnc(N)c12. The Morgan fingerprint density at radius 3 is 2.77 bits per heavy atom. The number of rotatable bonds is 5. The summed E-state index contributed by atoms with van der Waals surface area (Å²) in [7, 11) is 1.88. The van der Waals surface area contributed by atoms with Crippen molar-refractivity contribution in [3.63, 3.8) is 0 Å². The van der Waals surface area contributed by atoms with Crippen molar-refractivity contribution in [2.45, 2.75) is 20.0 Å². The van der Waals surface area contributed by atoms with Crippen LogP contribution in [0.4, 0.5) is 5.82 Å². The van der Waals surface area contributed by atoms with Gasteiger partial charge in [-0.05, 0) is 47.0 Å². The van der Waals surface area contributed by atoms with E-state index in [1.54, 1.807) is 16.0 Å². The van der Waals surface area contributed by atoms with Crippen molar-refractivity contribution in [2.75, 3.05) is 5.73 Å². The van der Waals surface area contributed by atoms with E-state index in [0.29, 0.717) is 35.5 Å². The van der Waals surface area contributed by atoms with Crippen LogP contribution in [0.5, 0.6) is 0 Å². The molecular formula is C26H23N7OS. The normalized spacial score (nSPS) is 10.8. The summed E-state index contributed by atoms with van der Waals surface area (Å²) in [4.78, 5) is 21.3. The number of nitrogens with two attached hydrogens (primary N) is 1. The molecule has 3 N–H and O–H groups in total. The number of aryl methyl sites for hydroxylation is 2. The maximum absolute atomic E-state index is 12.7. The molecule has 0 saturated carbocycles. The fourth-order valence-electron chi connectivity index (χ4n) is 3.82. The number of carbonyl (C=O) groups excluding carboxylic acids is 1. The van der Waals surface area contributed by atoms with Gasteiger partial charge in [-0.3, -0.25) is 9.48 Å². The number of anilines is 1. The summed E-state index contributed by atoms with van der Waals surface area (Å²) in [6.45, 7) is 3.05. The first-order valence-corrected chi connectivity index (χ1v) is 11.9. The van der Waals surface area contributed by atoms with Crippen molar-refractivity contribution in [3.05, 3.63) is 93.3 Å². The lowest BCUT2D eigenvalue weighted by Gasteiger charge is -2.06. The fraction of sp³-hybridized carbons (Fsp3) is 0.154. The number of nitrogens with zero attached hydrogens (tertiary/aromatic N) is 5. The number of benzene rings is 1. The molecule has 0 unspecified atom stereocenters. The third-order valence-corrected chi connectivity index (χ3v) is 6.39. The number of carbonyl (C=O) groups is 1. The second-order valence-corrected chi connectivity index (χ2v) is 9.02.